The fraction of sp³-hybridized carbons (Fsp3) is 0.263. The maximum Gasteiger partial charge on any atom is 0.148 e. The van der Waals surface area contributed by atoms with Crippen molar-refractivity contribution in [1.29, 1.82) is 0 Å². The molecule has 0 amide bonds. The second-order valence-electron chi connectivity index (χ2n) is 6.60. The van der Waals surface area contributed by atoms with E-state index in [9.17, 15) is 9.50 Å². The number of pyridine rings is 1. The maximum absolute atomic E-state index is 14.2. The number of halogens is 1. The zero-order valence-electron chi connectivity index (χ0n) is 14.3. The van der Waals surface area contributed by atoms with Crippen molar-refractivity contribution in [3.8, 4) is 0 Å². The SMILES string of the molecule is CC(C)(O)CCNc1cc2c(/C=C/c3cccnc3)n[nH]c2cc1F. The molecule has 3 N–H and O–H groups in total. The molecule has 2 heterocycles. The number of H-pyrrole nitrogens is 1. The van der Waals surface area contributed by atoms with Crippen molar-refractivity contribution in [2.75, 3.05) is 11.9 Å². The number of hydrogen-bond donors (Lipinski definition) is 3. The summed E-state index contributed by atoms with van der Waals surface area (Å²) in [6.45, 7) is 3.93. The van der Waals surface area contributed by atoms with E-state index < -0.39 is 5.60 Å². The van der Waals surface area contributed by atoms with Crippen LogP contribution < -0.4 is 5.32 Å². The zero-order chi connectivity index (χ0) is 17.9. The molecule has 130 valence electrons. The standard InChI is InChI=1S/C19H21FN4O/c1-19(2,25)7-9-22-18-10-14-16(23-24-17(14)11-15(18)20)6-5-13-4-3-8-21-12-13/h3-6,8,10-12,22,25H,7,9H2,1-2H3,(H,23,24)/b6-5+. The molecule has 0 spiro atoms. The first kappa shape index (κ1) is 17.1. The van der Waals surface area contributed by atoms with E-state index in [4.69, 9.17) is 0 Å². The highest BCUT2D eigenvalue weighted by atomic mass is 19.1. The number of nitrogens with one attached hydrogen (secondary N) is 2. The minimum absolute atomic E-state index is 0.352. The zero-order valence-corrected chi connectivity index (χ0v) is 14.3. The Hall–Kier alpha value is -2.73. The molecular formula is C19H21FN4O. The molecule has 0 aliphatic rings. The van der Waals surface area contributed by atoms with Gasteiger partial charge in [-0.2, -0.15) is 5.10 Å². The van der Waals surface area contributed by atoms with Gasteiger partial charge in [0.1, 0.15) is 5.82 Å². The quantitative estimate of drug-likeness (QED) is 0.637. The van der Waals surface area contributed by atoms with Gasteiger partial charge in [-0.1, -0.05) is 12.1 Å². The molecule has 3 aromatic rings. The molecule has 0 unspecified atom stereocenters. The van der Waals surface area contributed by atoms with Crippen LogP contribution in [0.3, 0.4) is 0 Å². The molecule has 3 rings (SSSR count). The lowest BCUT2D eigenvalue weighted by Crippen LogP contribution is -2.22. The third kappa shape index (κ3) is 4.42. The Balaban J connectivity index is 1.84. The van der Waals surface area contributed by atoms with Crippen LogP contribution in [0, 0.1) is 5.82 Å². The van der Waals surface area contributed by atoms with E-state index in [1.54, 1.807) is 32.3 Å². The molecular weight excluding hydrogens is 319 g/mol. The van der Waals surface area contributed by atoms with E-state index >= 15 is 0 Å². The Morgan fingerprint density at radius 3 is 2.88 bits per heavy atom. The summed E-state index contributed by atoms with van der Waals surface area (Å²) in [5.41, 5.74) is 1.93. The first-order valence-electron chi connectivity index (χ1n) is 8.14. The molecule has 0 fully saturated rings. The Kier molecular flexibility index (Phi) is 4.81. The fourth-order valence-corrected chi connectivity index (χ4v) is 2.47. The summed E-state index contributed by atoms with van der Waals surface area (Å²) in [7, 11) is 0. The predicted molar refractivity (Wildman–Crippen MR) is 98.6 cm³/mol. The van der Waals surface area contributed by atoms with Gasteiger partial charge in [-0.15, -0.1) is 0 Å². The number of nitrogens with zero attached hydrogens (tertiary/aromatic N) is 2. The summed E-state index contributed by atoms with van der Waals surface area (Å²) in [5.74, 6) is -0.352. The molecule has 25 heavy (non-hydrogen) atoms. The second kappa shape index (κ2) is 7.03. The lowest BCUT2D eigenvalue weighted by Gasteiger charge is -2.17. The highest BCUT2D eigenvalue weighted by Gasteiger charge is 2.13. The summed E-state index contributed by atoms with van der Waals surface area (Å²) in [6.07, 6.45) is 7.77. The molecule has 2 aromatic heterocycles. The van der Waals surface area contributed by atoms with Gasteiger partial charge in [0.2, 0.25) is 0 Å². The second-order valence-corrected chi connectivity index (χ2v) is 6.60. The van der Waals surface area contributed by atoms with Crippen LogP contribution in [0.5, 0.6) is 0 Å². The van der Waals surface area contributed by atoms with E-state index in [0.29, 0.717) is 24.2 Å². The number of rotatable bonds is 6. The molecule has 0 radical (unpaired) electrons. The Labute approximate surface area is 145 Å². The molecule has 5 nitrogen and oxygen atoms in total. The minimum Gasteiger partial charge on any atom is -0.390 e. The van der Waals surface area contributed by atoms with Crippen LogP contribution in [0.25, 0.3) is 23.1 Å². The molecule has 0 atom stereocenters. The van der Waals surface area contributed by atoms with Crippen molar-refractivity contribution in [2.24, 2.45) is 0 Å². The molecule has 0 bridgehead atoms. The van der Waals surface area contributed by atoms with Crippen molar-refractivity contribution in [3.05, 3.63) is 53.7 Å². The number of benzene rings is 1. The van der Waals surface area contributed by atoms with E-state index in [2.05, 4.69) is 20.5 Å². The lowest BCUT2D eigenvalue weighted by atomic mass is 10.1. The molecule has 0 aliphatic heterocycles. The van der Waals surface area contributed by atoms with Crippen LogP contribution >= 0.6 is 0 Å². The normalized spacial score (nSPS) is 12.2. The van der Waals surface area contributed by atoms with Gasteiger partial charge in [-0.05, 0) is 44.0 Å². The minimum atomic E-state index is -0.791. The maximum atomic E-state index is 14.2. The molecule has 0 saturated heterocycles. The number of aromatic nitrogens is 3. The van der Waals surface area contributed by atoms with Crippen LogP contribution in [0.2, 0.25) is 0 Å². The van der Waals surface area contributed by atoms with Crippen molar-refractivity contribution in [2.45, 2.75) is 25.9 Å². The average Bonchev–Trinajstić information content (AvgIpc) is 2.95. The average molecular weight is 340 g/mol. The van der Waals surface area contributed by atoms with Gasteiger partial charge in [0, 0.05) is 30.4 Å². The number of anilines is 1. The van der Waals surface area contributed by atoms with Crippen molar-refractivity contribution < 1.29 is 9.50 Å². The van der Waals surface area contributed by atoms with Gasteiger partial charge < -0.3 is 10.4 Å². The third-order valence-electron chi connectivity index (χ3n) is 3.85. The molecule has 6 heteroatoms. The Morgan fingerprint density at radius 1 is 1.32 bits per heavy atom. The van der Waals surface area contributed by atoms with Crippen molar-refractivity contribution in [1.82, 2.24) is 15.2 Å². The summed E-state index contributed by atoms with van der Waals surface area (Å²) in [4.78, 5) is 4.07. The molecule has 1 aromatic carbocycles. The van der Waals surface area contributed by atoms with Gasteiger partial charge >= 0.3 is 0 Å². The summed E-state index contributed by atoms with van der Waals surface area (Å²) in [5, 5.41) is 20.7. The first-order valence-corrected chi connectivity index (χ1v) is 8.14. The van der Waals surface area contributed by atoms with Gasteiger partial charge in [0.15, 0.2) is 0 Å². The highest BCUT2D eigenvalue weighted by molar-refractivity contribution is 5.91. The smallest absolute Gasteiger partial charge is 0.148 e. The summed E-state index contributed by atoms with van der Waals surface area (Å²) < 4.78 is 14.2. The number of aliphatic hydroxyl groups is 1. The van der Waals surface area contributed by atoms with E-state index in [1.807, 2.05) is 24.3 Å². The molecule has 0 saturated carbocycles. The fourth-order valence-electron chi connectivity index (χ4n) is 2.47. The van der Waals surface area contributed by atoms with Crippen LogP contribution in [0.4, 0.5) is 10.1 Å². The van der Waals surface area contributed by atoms with E-state index in [-0.39, 0.29) is 5.82 Å². The first-order chi connectivity index (χ1) is 11.9. The summed E-state index contributed by atoms with van der Waals surface area (Å²) in [6, 6.07) is 6.97. The predicted octanol–water partition coefficient (Wildman–Crippen LogP) is 3.84. The van der Waals surface area contributed by atoms with Gasteiger partial charge in [0.25, 0.3) is 0 Å². The lowest BCUT2D eigenvalue weighted by molar-refractivity contribution is 0.0748. The third-order valence-corrected chi connectivity index (χ3v) is 3.85. The number of hydrogen-bond acceptors (Lipinski definition) is 4. The van der Waals surface area contributed by atoms with E-state index in [0.717, 1.165) is 16.6 Å². The van der Waals surface area contributed by atoms with E-state index in [1.165, 1.54) is 6.07 Å². The van der Waals surface area contributed by atoms with Crippen molar-refractivity contribution in [3.63, 3.8) is 0 Å². The van der Waals surface area contributed by atoms with Gasteiger partial charge in [0.05, 0.1) is 22.5 Å². The van der Waals surface area contributed by atoms with Crippen LogP contribution in [0.1, 0.15) is 31.5 Å². The monoisotopic (exact) mass is 340 g/mol. The number of fused-ring (bicyclic) bond motifs is 1. The molecule has 0 aliphatic carbocycles. The topological polar surface area (TPSA) is 73.8 Å². The van der Waals surface area contributed by atoms with Crippen LogP contribution in [-0.4, -0.2) is 32.4 Å². The highest BCUT2D eigenvalue weighted by Crippen LogP contribution is 2.25. The van der Waals surface area contributed by atoms with Crippen molar-refractivity contribution >= 4 is 28.7 Å². The summed E-state index contributed by atoms with van der Waals surface area (Å²) >= 11 is 0. The van der Waals surface area contributed by atoms with Crippen LogP contribution in [-0.2, 0) is 0 Å². The van der Waals surface area contributed by atoms with Gasteiger partial charge in [-0.3, -0.25) is 10.1 Å². The Morgan fingerprint density at radius 2 is 2.16 bits per heavy atom. The number of aromatic amines is 1. The van der Waals surface area contributed by atoms with Gasteiger partial charge in [-0.25, -0.2) is 4.39 Å². The van der Waals surface area contributed by atoms with Crippen LogP contribution in [0.15, 0.2) is 36.7 Å². The Bertz CT molecular complexity index is 882. The largest absolute Gasteiger partial charge is 0.390 e.